The van der Waals surface area contributed by atoms with Gasteiger partial charge in [-0.25, -0.2) is 18.2 Å². The highest BCUT2D eigenvalue weighted by Crippen LogP contribution is 2.34. The van der Waals surface area contributed by atoms with Gasteiger partial charge in [0.05, 0.1) is 32.5 Å². The maximum Gasteiger partial charge on any atom is 0.264 e. The van der Waals surface area contributed by atoms with Crippen LogP contribution in [0.15, 0.2) is 76.7 Å². The number of ether oxygens (including phenoxy) is 2. The van der Waals surface area contributed by atoms with Gasteiger partial charge in [0.15, 0.2) is 11.5 Å². The number of hydrogen-bond donors (Lipinski definition) is 1. The summed E-state index contributed by atoms with van der Waals surface area (Å²) < 4.78 is 54.8. The van der Waals surface area contributed by atoms with Gasteiger partial charge >= 0.3 is 0 Å². The number of carbonyl (C=O) groups excluding carboxylic acids is 1. The number of nitrogens with one attached hydrogen (secondary N) is 1. The van der Waals surface area contributed by atoms with Crippen LogP contribution in [0.2, 0.25) is 10.0 Å². The molecule has 2 heterocycles. The van der Waals surface area contributed by atoms with Crippen molar-refractivity contribution in [2.24, 2.45) is 5.10 Å². The van der Waals surface area contributed by atoms with Gasteiger partial charge in [0.25, 0.3) is 15.9 Å². The Balaban J connectivity index is 1.38. The zero-order valence-electron chi connectivity index (χ0n) is 22.5. The van der Waals surface area contributed by atoms with Crippen LogP contribution in [-0.2, 0) is 14.8 Å². The van der Waals surface area contributed by atoms with Crippen LogP contribution in [0.5, 0.6) is 11.5 Å². The Morgan fingerprint density at radius 3 is 2.50 bits per heavy atom. The Morgan fingerprint density at radius 1 is 1.05 bits per heavy atom. The number of aryl methyl sites for hydroxylation is 1. The Morgan fingerprint density at radius 2 is 1.76 bits per heavy atom. The molecule has 1 N–H and O–H groups in total. The molecule has 1 aromatic heterocycles. The first-order valence-electron chi connectivity index (χ1n) is 12.7. The van der Waals surface area contributed by atoms with Crippen LogP contribution in [0, 0.1) is 19.7 Å². The van der Waals surface area contributed by atoms with Crippen LogP contribution >= 0.6 is 23.2 Å². The predicted molar refractivity (Wildman–Crippen MR) is 159 cm³/mol. The molecule has 0 saturated carbocycles. The molecular formula is C29H25Cl2FN4O5S. The third kappa shape index (κ3) is 5.94. The zero-order chi connectivity index (χ0) is 30.0. The summed E-state index contributed by atoms with van der Waals surface area (Å²) in [6.45, 7) is 3.75. The van der Waals surface area contributed by atoms with Crippen molar-refractivity contribution in [3.63, 3.8) is 0 Å². The maximum absolute atomic E-state index is 13.7. The Labute approximate surface area is 252 Å². The van der Waals surface area contributed by atoms with Crippen molar-refractivity contribution in [3.05, 3.63) is 99.5 Å². The van der Waals surface area contributed by atoms with E-state index in [9.17, 15) is 17.6 Å². The SMILES string of the molecule is Cc1cc(/C=N\NC(=O)CN(c2ccc(F)cc2)S(=O)(=O)c2ccc3c(c2)OCCO3)c(C)n1-c1cccc(Cl)c1Cl. The van der Waals surface area contributed by atoms with E-state index in [1.54, 1.807) is 12.1 Å². The fraction of sp³-hybridized carbons (Fsp3) is 0.172. The minimum absolute atomic E-state index is 0.0902. The molecule has 13 heteroatoms. The first-order valence-corrected chi connectivity index (χ1v) is 14.9. The number of carbonyl (C=O) groups is 1. The van der Waals surface area contributed by atoms with Gasteiger partial charge in [0, 0.05) is 23.0 Å². The lowest BCUT2D eigenvalue weighted by Crippen LogP contribution is -2.39. The highest BCUT2D eigenvalue weighted by Gasteiger charge is 2.29. The van der Waals surface area contributed by atoms with E-state index >= 15 is 0 Å². The van der Waals surface area contributed by atoms with E-state index in [1.165, 1.54) is 36.5 Å². The second kappa shape index (κ2) is 12.0. The number of aromatic nitrogens is 1. The van der Waals surface area contributed by atoms with E-state index in [2.05, 4.69) is 10.5 Å². The van der Waals surface area contributed by atoms with Crippen LogP contribution in [-0.4, -0.2) is 44.9 Å². The fourth-order valence-electron chi connectivity index (χ4n) is 4.53. The van der Waals surface area contributed by atoms with E-state index in [1.807, 2.05) is 30.5 Å². The smallest absolute Gasteiger partial charge is 0.264 e. The molecule has 0 radical (unpaired) electrons. The molecule has 0 atom stereocenters. The number of anilines is 1. The van der Waals surface area contributed by atoms with Gasteiger partial charge in [-0.2, -0.15) is 5.10 Å². The molecule has 0 spiro atoms. The van der Waals surface area contributed by atoms with Crippen LogP contribution in [0.4, 0.5) is 10.1 Å². The average molecular weight is 632 g/mol. The lowest BCUT2D eigenvalue weighted by atomic mass is 10.2. The molecule has 9 nitrogen and oxygen atoms in total. The summed E-state index contributed by atoms with van der Waals surface area (Å²) in [5.41, 5.74) is 5.52. The van der Waals surface area contributed by atoms with E-state index in [0.717, 1.165) is 27.8 Å². The summed E-state index contributed by atoms with van der Waals surface area (Å²) in [5, 5.41) is 4.87. The standard InChI is InChI=1S/C29H25Cl2FN4O5S/c1-18-14-20(19(2)36(18)25-5-3-4-24(30)29(25)31)16-33-34-28(37)17-35(22-8-6-21(32)7-9-22)42(38,39)23-10-11-26-27(15-23)41-13-12-40-26/h3-11,14-16H,12-13,17H2,1-2H3,(H,34,37)/b33-16-. The number of hydrazone groups is 1. The fourth-order valence-corrected chi connectivity index (χ4v) is 6.34. The highest BCUT2D eigenvalue weighted by atomic mass is 35.5. The lowest BCUT2D eigenvalue weighted by molar-refractivity contribution is -0.119. The van der Waals surface area contributed by atoms with Gasteiger partial charge in [-0.15, -0.1) is 0 Å². The van der Waals surface area contributed by atoms with Crippen molar-refractivity contribution < 1.29 is 27.1 Å². The summed E-state index contributed by atoms with van der Waals surface area (Å²) in [4.78, 5) is 12.8. The van der Waals surface area contributed by atoms with Crippen molar-refractivity contribution in [1.82, 2.24) is 9.99 Å². The van der Waals surface area contributed by atoms with Crippen molar-refractivity contribution in [2.45, 2.75) is 18.7 Å². The number of rotatable bonds is 8. The Hall–Kier alpha value is -4.06. The summed E-state index contributed by atoms with van der Waals surface area (Å²) in [6, 6.07) is 16.1. The molecule has 0 unspecified atom stereocenters. The molecule has 218 valence electrons. The number of fused-ring (bicyclic) bond motifs is 1. The largest absolute Gasteiger partial charge is 0.486 e. The number of nitrogens with zero attached hydrogens (tertiary/aromatic N) is 3. The van der Waals surface area contributed by atoms with E-state index in [0.29, 0.717) is 33.7 Å². The van der Waals surface area contributed by atoms with E-state index < -0.39 is 28.3 Å². The van der Waals surface area contributed by atoms with Gasteiger partial charge in [0.1, 0.15) is 25.6 Å². The van der Waals surface area contributed by atoms with Crippen LogP contribution < -0.4 is 19.2 Å². The zero-order valence-corrected chi connectivity index (χ0v) is 24.8. The normalized spacial score (nSPS) is 12.9. The summed E-state index contributed by atoms with van der Waals surface area (Å²) in [6.07, 6.45) is 1.45. The third-order valence-corrected chi connectivity index (χ3v) is 9.12. The number of halogens is 3. The van der Waals surface area contributed by atoms with E-state index in [-0.39, 0.29) is 22.9 Å². The number of hydrogen-bond acceptors (Lipinski definition) is 6. The van der Waals surface area contributed by atoms with Gasteiger partial charge in [0.2, 0.25) is 0 Å². The summed E-state index contributed by atoms with van der Waals surface area (Å²) >= 11 is 12.6. The first kappa shape index (κ1) is 29.4. The first-order chi connectivity index (χ1) is 20.1. The molecule has 1 aliphatic rings. The molecular weight excluding hydrogens is 606 g/mol. The van der Waals surface area contributed by atoms with Crippen molar-refractivity contribution in [1.29, 1.82) is 0 Å². The average Bonchev–Trinajstić information content (AvgIpc) is 3.25. The monoisotopic (exact) mass is 630 g/mol. The highest BCUT2D eigenvalue weighted by molar-refractivity contribution is 7.92. The second-order valence-corrected chi connectivity index (χ2v) is 12.0. The van der Waals surface area contributed by atoms with Gasteiger partial charge in [-0.3, -0.25) is 9.10 Å². The molecule has 42 heavy (non-hydrogen) atoms. The van der Waals surface area contributed by atoms with Crippen LogP contribution in [0.3, 0.4) is 0 Å². The van der Waals surface area contributed by atoms with Gasteiger partial charge in [-0.1, -0.05) is 29.3 Å². The van der Waals surface area contributed by atoms with Crippen molar-refractivity contribution in [3.8, 4) is 17.2 Å². The molecule has 0 bridgehead atoms. The van der Waals surface area contributed by atoms with E-state index in [4.69, 9.17) is 32.7 Å². The Kier molecular flexibility index (Phi) is 8.44. The van der Waals surface area contributed by atoms with Crippen LogP contribution in [0.25, 0.3) is 5.69 Å². The molecule has 4 aromatic rings. The molecule has 1 aliphatic heterocycles. The molecule has 3 aromatic carbocycles. The minimum atomic E-state index is -4.28. The number of sulfonamides is 1. The molecule has 5 rings (SSSR count). The third-order valence-electron chi connectivity index (χ3n) is 6.54. The van der Waals surface area contributed by atoms with Gasteiger partial charge < -0.3 is 14.0 Å². The molecule has 1 amide bonds. The maximum atomic E-state index is 13.7. The molecule has 0 fully saturated rings. The quantitative estimate of drug-likeness (QED) is 0.200. The molecule has 0 aliphatic carbocycles. The lowest BCUT2D eigenvalue weighted by Gasteiger charge is -2.25. The second-order valence-electron chi connectivity index (χ2n) is 9.32. The topological polar surface area (TPSA) is 102 Å². The number of benzene rings is 3. The predicted octanol–water partition coefficient (Wildman–Crippen LogP) is 5.66. The number of amides is 1. The van der Waals surface area contributed by atoms with Crippen molar-refractivity contribution in [2.75, 3.05) is 24.1 Å². The Bertz CT molecular complexity index is 1790. The van der Waals surface area contributed by atoms with Crippen molar-refractivity contribution >= 4 is 51.0 Å². The van der Waals surface area contributed by atoms with Crippen LogP contribution in [0.1, 0.15) is 17.0 Å². The minimum Gasteiger partial charge on any atom is -0.486 e. The summed E-state index contributed by atoms with van der Waals surface area (Å²) in [7, 11) is -4.28. The molecule has 0 saturated heterocycles. The summed E-state index contributed by atoms with van der Waals surface area (Å²) in [5.74, 6) is -0.589. The van der Waals surface area contributed by atoms with Gasteiger partial charge in [-0.05, 0) is 68.4 Å².